The van der Waals surface area contributed by atoms with Gasteiger partial charge in [0, 0.05) is 16.2 Å². The third-order valence-electron chi connectivity index (χ3n) is 2.24. The van der Waals surface area contributed by atoms with Crippen molar-refractivity contribution in [3.05, 3.63) is 46.2 Å². The van der Waals surface area contributed by atoms with Crippen LogP contribution in [0, 0.1) is 6.92 Å². The first-order valence-corrected chi connectivity index (χ1v) is 5.70. The highest BCUT2D eigenvalue weighted by Gasteiger charge is 2.10. The molecule has 4 nitrogen and oxygen atoms in total. The summed E-state index contributed by atoms with van der Waals surface area (Å²) in [6.45, 7) is 1.98. The van der Waals surface area contributed by atoms with Gasteiger partial charge in [-0.25, -0.2) is 14.8 Å². The fourth-order valence-corrected chi connectivity index (χ4v) is 2.08. The van der Waals surface area contributed by atoms with Crippen LogP contribution in [0.5, 0.6) is 0 Å². The van der Waals surface area contributed by atoms with E-state index in [-0.39, 0.29) is 5.69 Å². The SMILES string of the molecule is Cc1ccc(-c2nccc(C(=O)O)n2)c(Br)c1. The van der Waals surface area contributed by atoms with E-state index in [0.717, 1.165) is 15.6 Å². The Bertz CT molecular complexity index is 584. The van der Waals surface area contributed by atoms with E-state index in [9.17, 15) is 4.79 Å². The number of nitrogens with zero attached hydrogens (tertiary/aromatic N) is 2. The number of carboxylic acid groups (broad SMARTS) is 1. The maximum Gasteiger partial charge on any atom is 0.354 e. The Kier molecular flexibility index (Phi) is 3.19. The Morgan fingerprint density at radius 1 is 1.35 bits per heavy atom. The number of hydrogen-bond acceptors (Lipinski definition) is 3. The van der Waals surface area contributed by atoms with Crippen molar-refractivity contribution in [3.63, 3.8) is 0 Å². The van der Waals surface area contributed by atoms with Gasteiger partial charge in [-0.15, -0.1) is 0 Å². The van der Waals surface area contributed by atoms with Crippen LogP contribution < -0.4 is 0 Å². The predicted molar refractivity (Wildman–Crippen MR) is 66.9 cm³/mol. The highest BCUT2D eigenvalue weighted by atomic mass is 79.9. The van der Waals surface area contributed by atoms with Crippen LogP contribution in [-0.2, 0) is 0 Å². The third kappa shape index (κ3) is 2.50. The molecule has 1 aromatic carbocycles. The van der Waals surface area contributed by atoms with Crippen LogP contribution >= 0.6 is 15.9 Å². The van der Waals surface area contributed by atoms with Gasteiger partial charge in [0.25, 0.3) is 0 Å². The number of aryl methyl sites for hydroxylation is 1. The van der Waals surface area contributed by atoms with Crippen molar-refractivity contribution in [2.24, 2.45) is 0 Å². The van der Waals surface area contributed by atoms with Crippen LogP contribution in [0.2, 0.25) is 0 Å². The van der Waals surface area contributed by atoms with Gasteiger partial charge in [0.1, 0.15) is 0 Å². The molecule has 0 unspecified atom stereocenters. The van der Waals surface area contributed by atoms with Gasteiger partial charge in [0.2, 0.25) is 0 Å². The number of aromatic nitrogens is 2. The molecule has 2 aromatic rings. The second-order valence-corrected chi connectivity index (χ2v) is 4.41. The van der Waals surface area contributed by atoms with E-state index in [1.54, 1.807) is 0 Å². The zero-order chi connectivity index (χ0) is 12.4. The van der Waals surface area contributed by atoms with Crippen LogP contribution in [-0.4, -0.2) is 21.0 Å². The van der Waals surface area contributed by atoms with Crippen molar-refractivity contribution in [1.82, 2.24) is 9.97 Å². The van der Waals surface area contributed by atoms with Crippen molar-refractivity contribution < 1.29 is 9.90 Å². The van der Waals surface area contributed by atoms with E-state index in [0.29, 0.717) is 5.82 Å². The summed E-state index contributed by atoms with van der Waals surface area (Å²) >= 11 is 3.42. The molecule has 0 bridgehead atoms. The van der Waals surface area contributed by atoms with Crippen LogP contribution in [0.1, 0.15) is 16.1 Å². The average molecular weight is 293 g/mol. The first-order valence-electron chi connectivity index (χ1n) is 4.91. The van der Waals surface area contributed by atoms with Gasteiger partial charge in [0.05, 0.1) is 0 Å². The second kappa shape index (κ2) is 4.63. The minimum atomic E-state index is -1.06. The molecule has 1 N–H and O–H groups in total. The molecule has 1 aromatic heterocycles. The van der Waals surface area contributed by atoms with E-state index in [1.807, 2.05) is 25.1 Å². The van der Waals surface area contributed by atoms with Crippen LogP contribution in [0.25, 0.3) is 11.4 Å². The Labute approximate surface area is 106 Å². The highest BCUT2D eigenvalue weighted by Crippen LogP contribution is 2.26. The van der Waals surface area contributed by atoms with E-state index < -0.39 is 5.97 Å². The van der Waals surface area contributed by atoms with Crippen molar-refractivity contribution in [2.45, 2.75) is 6.92 Å². The summed E-state index contributed by atoms with van der Waals surface area (Å²) in [4.78, 5) is 18.9. The molecule has 2 rings (SSSR count). The molecule has 17 heavy (non-hydrogen) atoms. The average Bonchev–Trinajstić information content (AvgIpc) is 2.29. The number of hydrogen-bond donors (Lipinski definition) is 1. The summed E-state index contributed by atoms with van der Waals surface area (Å²) in [5.74, 6) is -0.659. The zero-order valence-electron chi connectivity index (χ0n) is 9.01. The first kappa shape index (κ1) is 11.7. The fraction of sp³-hybridized carbons (Fsp3) is 0.0833. The van der Waals surface area contributed by atoms with Gasteiger partial charge >= 0.3 is 5.97 Å². The van der Waals surface area contributed by atoms with E-state index in [1.165, 1.54) is 12.3 Å². The lowest BCUT2D eigenvalue weighted by Crippen LogP contribution is -2.02. The first-order chi connectivity index (χ1) is 8.08. The molecule has 0 saturated heterocycles. The molecule has 0 aliphatic heterocycles. The fourth-order valence-electron chi connectivity index (χ4n) is 1.41. The number of rotatable bonds is 2. The normalized spacial score (nSPS) is 10.2. The Balaban J connectivity index is 2.53. The highest BCUT2D eigenvalue weighted by molar-refractivity contribution is 9.10. The summed E-state index contributed by atoms with van der Waals surface area (Å²) < 4.78 is 0.847. The summed E-state index contributed by atoms with van der Waals surface area (Å²) in [6.07, 6.45) is 1.44. The molecular weight excluding hydrogens is 284 g/mol. The molecule has 0 amide bonds. The van der Waals surface area contributed by atoms with E-state index >= 15 is 0 Å². The maximum absolute atomic E-state index is 10.8. The smallest absolute Gasteiger partial charge is 0.354 e. The van der Waals surface area contributed by atoms with Crippen molar-refractivity contribution in [2.75, 3.05) is 0 Å². The number of halogens is 1. The van der Waals surface area contributed by atoms with E-state index in [2.05, 4.69) is 25.9 Å². The molecule has 0 saturated carbocycles. The van der Waals surface area contributed by atoms with Crippen LogP contribution in [0.15, 0.2) is 34.9 Å². The molecule has 86 valence electrons. The summed E-state index contributed by atoms with van der Waals surface area (Å²) in [6, 6.07) is 7.09. The lowest BCUT2D eigenvalue weighted by Gasteiger charge is -2.04. The van der Waals surface area contributed by atoms with Gasteiger partial charge in [0.15, 0.2) is 11.5 Å². The third-order valence-corrected chi connectivity index (χ3v) is 2.90. The second-order valence-electron chi connectivity index (χ2n) is 3.55. The quantitative estimate of drug-likeness (QED) is 0.924. The lowest BCUT2D eigenvalue weighted by atomic mass is 10.1. The molecule has 5 heteroatoms. The van der Waals surface area contributed by atoms with Crippen molar-refractivity contribution in [3.8, 4) is 11.4 Å². The molecular formula is C12H9BrN2O2. The predicted octanol–water partition coefficient (Wildman–Crippen LogP) is 2.91. The topological polar surface area (TPSA) is 63.1 Å². The monoisotopic (exact) mass is 292 g/mol. The molecule has 0 fully saturated rings. The Morgan fingerprint density at radius 3 is 2.76 bits per heavy atom. The van der Waals surface area contributed by atoms with Gasteiger partial charge in [-0.1, -0.05) is 22.0 Å². The molecule has 1 heterocycles. The number of carbonyl (C=O) groups is 1. The summed E-state index contributed by atoms with van der Waals surface area (Å²) in [7, 11) is 0. The largest absolute Gasteiger partial charge is 0.477 e. The van der Waals surface area contributed by atoms with Gasteiger partial charge in [-0.3, -0.25) is 0 Å². The van der Waals surface area contributed by atoms with Crippen molar-refractivity contribution >= 4 is 21.9 Å². The van der Waals surface area contributed by atoms with Gasteiger partial charge in [-0.05, 0) is 30.7 Å². The molecule has 0 aliphatic rings. The van der Waals surface area contributed by atoms with Crippen molar-refractivity contribution in [1.29, 1.82) is 0 Å². The Morgan fingerprint density at radius 2 is 2.12 bits per heavy atom. The lowest BCUT2D eigenvalue weighted by molar-refractivity contribution is 0.0690. The minimum Gasteiger partial charge on any atom is -0.477 e. The van der Waals surface area contributed by atoms with E-state index in [4.69, 9.17) is 5.11 Å². The molecule has 0 atom stereocenters. The van der Waals surface area contributed by atoms with Crippen LogP contribution in [0.3, 0.4) is 0 Å². The summed E-state index contributed by atoms with van der Waals surface area (Å²) in [5, 5.41) is 8.87. The minimum absolute atomic E-state index is 0.0116. The van der Waals surface area contributed by atoms with Gasteiger partial charge < -0.3 is 5.11 Å². The zero-order valence-corrected chi connectivity index (χ0v) is 10.6. The Hall–Kier alpha value is -1.75. The summed E-state index contributed by atoms with van der Waals surface area (Å²) in [5.41, 5.74) is 1.87. The van der Waals surface area contributed by atoms with Gasteiger partial charge in [-0.2, -0.15) is 0 Å². The van der Waals surface area contributed by atoms with Crippen LogP contribution in [0.4, 0.5) is 0 Å². The standard InChI is InChI=1S/C12H9BrN2O2/c1-7-2-3-8(9(13)6-7)11-14-5-4-10(15-11)12(16)17/h2-6H,1H3,(H,16,17). The molecule has 0 spiro atoms. The number of aromatic carboxylic acids is 1. The molecule has 0 aliphatic carbocycles. The number of carboxylic acids is 1. The molecule has 0 radical (unpaired) electrons. The maximum atomic E-state index is 10.8. The number of benzene rings is 1.